The fourth-order valence-electron chi connectivity index (χ4n) is 7.62. The number of nitriles is 1. The van der Waals surface area contributed by atoms with Gasteiger partial charge in [0.15, 0.2) is 11.9 Å². The molecule has 330 valence electrons. The second-order valence-electron chi connectivity index (χ2n) is 16.0. The second-order valence-corrected chi connectivity index (χ2v) is 17.4. The summed E-state index contributed by atoms with van der Waals surface area (Å²) in [7, 11) is 1.27. The van der Waals surface area contributed by atoms with Gasteiger partial charge in [-0.3, -0.25) is 19.4 Å². The topological polar surface area (TPSA) is 189 Å². The number of amides is 2. The third kappa shape index (κ3) is 9.60. The van der Waals surface area contributed by atoms with Crippen LogP contribution in [-0.4, -0.2) is 108 Å². The molecule has 3 heterocycles. The third-order valence-corrected chi connectivity index (χ3v) is 12.9. The molecule has 0 spiro atoms. The molecule has 16 nitrogen and oxygen atoms in total. The first-order valence-corrected chi connectivity index (χ1v) is 21.8. The van der Waals surface area contributed by atoms with Crippen molar-refractivity contribution < 1.29 is 42.7 Å². The number of nitrogens with zero attached hydrogens (tertiary/aromatic N) is 6. The van der Waals surface area contributed by atoms with Gasteiger partial charge in [-0.1, -0.05) is 68.4 Å². The Hall–Kier alpha value is -5.11. The molecule has 2 amide bonds. The molecule has 6 rings (SSSR count). The fourth-order valence-corrected chi connectivity index (χ4v) is 9.38. The van der Waals surface area contributed by atoms with Gasteiger partial charge in [0.1, 0.15) is 28.9 Å². The number of aliphatic hydroxyl groups is 1. The lowest BCUT2D eigenvalue weighted by Crippen LogP contribution is -2.55. The standard InChI is InChI=1S/C45H56N7O9P/c1-28(2)41(54)48-43-47-40-39(42(55)49-43)50-52(44(40,7)61-62(59-25-13-24-46)51(29(3)4)30(5)6)38-26-36(53)37(60-38)27-58-45(31-14-11-10-12-15-31,32-16-20-34(56-8)21-17-32)33-18-22-35(57-9)23-19-33/h10-12,14-23,28-30,36-38,53H,13,25-27H2,1-9H3,(H,48,49,54,55)/t36-,37+,38+,44?,62?/m0/s1. The molecular weight excluding hydrogens is 814 g/mol. The molecule has 0 saturated carbocycles. The van der Waals surface area contributed by atoms with Gasteiger partial charge in [-0.15, -0.1) is 0 Å². The first-order valence-electron chi connectivity index (χ1n) is 20.7. The second kappa shape index (κ2) is 19.9. The predicted molar refractivity (Wildman–Crippen MR) is 234 cm³/mol. The van der Waals surface area contributed by atoms with Gasteiger partial charge in [0.2, 0.25) is 17.6 Å². The Labute approximate surface area is 364 Å². The normalized spacial score (nSPS) is 21.8. The summed E-state index contributed by atoms with van der Waals surface area (Å²) in [5, 5.41) is 30.1. The Kier molecular flexibility index (Phi) is 14.9. The number of benzene rings is 3. The van der Waals surface area contributed by atoms with E-state index in [4.69, 9.17) is 33.1 Å². The summed E-state index contributed by atoms with van der Waals surface area (Å²) < 4.78 is 40.1. The van der Waals surface area contributed by atoms with Crippen LogP contribution in [0.5, 0.6) is 11.5 Å². The molecule has 3 aromatic rings. The van der Waals surface area contributed by atoms with Crippen LogP contribution in [0.4, 0.5) is 0 Å². The van der Waals surface area contributed by atoms with E-state index in [0.29, 0.717) is 11.5 Å². The van der Waals surface area contributed by atoms with Gasteiger partial charge in [-0.2, -0.15) is 15.4 Å². The number of aliphatic imine (C=N–C) groups is 2. The highest BCUT2D eigenvalue weighted by atomic mass is 31.2. The summed E-state index contributed by atoms with van der Waals surface area (Å²) in [4.78, 5) is 35.2. The number of fused-ring (bicyclic) bond motifs is 1. The highest BCUT2D eigenvalue weighted by Crippen LogP contribution is 2.52. The van der Waals surface area contributed by atoms with Crippen LogP contribution in [0.25, 0.3) is 0 Å². The summed E-state index contributed by atoms with van der Waals surface area (Å²) in [6.45, 7) is 13.1. The van der Waals surface area contributed by atoms with Crippen molar-refractivity contribution in [3.05, 3.63) is 95.6 Å². The summed E-state index contributed by atoms with van der Waals surface area (Å²) in [5.74, 6) is -0.393. The van der Waals surface area contributed by atoms with Gasteiger partial charge in [-0.25, -0.2) is 14.7 Å². The lowest BCUT2D eigenvalue weighted by atomic mass is 9.80. The average Bonchev–Trinajstić information content (AvgIpc) is 3.77. The maximum Gasteiger partial charge on any atom is 0.302 e. The number of methoxy groups -OCH3 is 2. The summed E-state index contributed by atoms with van der Waals surface area (Å²) in [6, 6.07) is 27.0. The zero-order valence-corrected chi connectivity index (χ0v) is 37.5. The molecule has 17 heteroatoms. The van der Waals surface area contributed by atoms with Crippen molar-refractivity contribution in [3.8, 4) is 17.6 Å². The van der Waals surface area contributed by atoms with Crippen LogP contribution in [0.3, 0.4) is 0 Å². The number of hydrogen-bond donors (Lipinski definition) is 2. The van der Waals surface area contributed by atoms with Crippen molar-refractivity contribution in [1.82, 2.24) is 15.0 Å². The number of rotatable bonds is 18. The van der Waals surface area contributed by atoms with Crippen LogP contribution < -0.4 is 14.8 Å². The lowest BCUT2D eigenvalue weighted by Gasteiger charge is -2.43. The van der Waals surface area contributed by atoms with Crippen molar-refractivity contribution in [2.45, 2.75) is 103 Å². The van der Waals surface area contributed by atoms with E-state index in [-0.39, 0.29) is 61.4 Å². The van der Waals surface area contributed by atoms with Gasteiger partial charge < -0.3 is 28.6 Å². The minimum Gasteiger partial charge on any atom is -0.497 e. The quantitative estimate of drug-likeness (QED) is 0.0829. The monoisotopic (exact) mass is 869 g/mol. The smallest absolute Gasteiger partial charge is 0.302 e. The molecule has 3 aliphatic rings. The van der Waals surface area contributed by atoms with Crippen LogP contribution in [0.1, 0.15) is 78.0 Å². The number of carbonyl (C=O) groups excluding carboxylic acids is 2. The largest absolute Gasteiger partial charge is 0.497 e. The molecule has 0 bridgehead atoms. The third-order valence-electron chi connectivity index (χ3n) is 10.7. The molecule has 2 N–H and O–H groups in total. The van der Waals surface area contributed by atoms with Crippen molar-refractivity contribution >= 4 is 37.7 Å². The number of hydrazone groups is 1. The summed E-state index contributed by atoms with van der Waals surface area (Å²) in [6.07, 6.45) is -2.77. The number of guanidine groups is 1. The number of nitrogens with one attached hydrogen (secondary N) is 1. The number of ether oxygens (including phenoxy) is 4. The lowest BCUT2D eigenvalue weighted by molar-refractivity contribution is -0.152. The molecule has 3 aromatic carbocycles. The van der Waals surface area contributed by atoms with E-state index in [1.54, 1.807) is 35.0 Å². The van der Waals surface area contributed by atoms with Gasteiger partial charge in [0, 0.05) is 24.4 Å². The summed E-state index contributed by atoms with van der Waals surface area (Å²) >= 11 is 0. The number of hydrogen-bond acceptors (Lipinski definition) is 14. The maximum atomic E-state index is 13.7. The molecule has 3 aliphatic heterocycles. The molecule has 1 fully saturated rings. The Morgan fingerprint density at radius 2 is 1.55 bits per heavy atom. The van der Waals surface area contributed by atoms with E-state index in [0.717, 1.165) is 16.7 Å². The van der Waals surface area contributed by atoms with Crippen LogP contribution in [0.15, 0.2) is 93.9 Å². The van der Waals surface area contributed by atoms with E-state index in [1.165, 1.54) is 5.01 Å². The number of carbonyl (C=O) groups is 2. The van der Waals surface area contributed by atoms with Crippen LogP contribution in [0.2, 0.25) is 0 Å². The maximum absolute atomic E-state index is 13.7. The Bertz CT molecular complexity index is 2120. The van der Waals surface area contributed by atoms with Crippen molar-refractivity contribution in [2.24, 2.45) is 21.0 Å². The minimum atomic E-state index is -1.95. The van der Waals surface area contributed by atoms with Gasteiger partial charge in [0.25, 0.3) is 8.53 Å². The molecule has 62 heavy (non-hydrogen) atoms. The van der Waals surface area contributed by atoms with Gasteiger partial charge in [0.05, 0.1) is 46.0 Å². The average molecular weight is 870 g/mol. The first-order chi connectivity index (χ1) is 29.7. The van der Waals surface area contributed by atoms with E-state index >= 15 is 0 Å². The van der Waals surface area contributed by atoms with E-state index in [2.05, 4.69) is 21.4 Å². The molecule has 0 aliphatic carbocycles. The Balaban J connectivity index is 1.38. The van der Waals surface area contributed by atoms with E-state index in [1.807, 2.05) is 111 Å². The van der Waals surface area contributed by atoms with Gasteiger partial charge >= 0.3 is 5.91 Å². The molecule has 2 unspecified atom stereocenters. The Morgan fingerprint density at radius 1 is 0.968 bits per heavy atom. The summed E-state index contributed by atoms with van der Waals surface area (Å²) in [5.41, 5.74) is -0.438. The molecule has 0 radical (unpaired) electrons. The zero-order chi connectivity index (χ0) is 44.8. The zero-order valence-electron chi connectivity index (χ0n) is 36.6. The van der Waals surface area contributed by atoms with Crippen molar-refractivity contribution in [2.75, 3.05) is 27.4 Å². The molecule has 5 atom stereocenters. The van der Waals surface area contributed by atoms with Crippen LogP contribution in [-0.2, 0) is 33.7 Å². The Morgan fingerprint density at radius 3 is 2.08 bits per heavy atom. The first kappa shape index (κ1) is 46.4. The highest BCUT2D eigenvalue weighted by Gasteiger charge is 2.57. The highest BCUT2D eigenvalue weighted by molar-refractivity contribution is 7.44. The molecule has 1 saturated heterocycles. The fraction of sp³-hybridized carbons (Fsp3) is 0.467. The predicted octanol–water partition coefficient (Wildman–Crippen LogP) is 6.28. The van der Waals surface area contributed by atoms with E-state index < -0.39 is 50.1 Å². The van der Waals surface area contributed by atoms with Crippen LogP contribution >= 0.6 is 8.53 Å². The number of aliphatic hydroxyl groups excluding tert-OH is 1. The van der Waals surface area contributed by atoms with Crippen molar-refractivity contribution in [3.63, 3.8) is 0 Å². The van der Waals surface area contributed by atoms with E-state index in [9.17, 15) is 20.0 Å². The minimum absolute atomic E-state index is 0.0394. The van der Waals surface area contributed by atoms with Crippen LogP contribution in [0, 0.1) is 17.2 Å². The molecular formula is C45H56N7O9P. The van der Waals surface area contributed by atoms with Gasteiger partial charge in [-0.05, 0) is 75.6 Å². The molecule has 0 aromatic heterocycles. The van der Waals surface area contributed by atoms with Crippen molar-refractivity contribution in [1.29, 1.82) is 5.26 Å². The SMILES string of the molecule is COc1ccc(C(OC[C@H]2O[C@@H](N3N=C4C(=O)N=C(NC(=O)C(C)C)N=C4C3(C)OP(OCCC#N)N(C(C)C)C(C)C)C[C@@H]2O)(c2ccccc2)c2ccc(OC)cc2)cc1.